The summed E-state index contributed by atoms with van der Waals surface area (Å²) < 4.78 is 7.10. The van der Waals surface area contributed by atoms with Crippen LogP contribution in [0.3, 0.4) is 0 Å². The van der Waals surface area contributed by atoms with Gasteiger partial charge in [0.05, 0.1) is 22.9 Å². The third-order valence-corrected chi connectivity index (χ3v) is 6.57. The lowest BCUT2D eigenvalue weighted by atomic mass is 10.0. The third kappa shape index (κ3) is 3.26. The number of nitrogens with zero attached hydrogens (tertiary/aromatic N) is 2. The molecule has 4 rings (SSSR count). The summed E-state index contributed by atoms with van der Waals surface area (Å²) in [6.45, 7) is 1.77. The van der Waals surface area contributed by atoms with Crippen molar-refractivity contribution in [1.29, 1.82) is 0 Å². The Morgan fingerprint density at radius 2 is 2.04 bits per heavy atom. The molecule has 0 fully saturated rings. The second-order valence-electron chi connectivity index (χ2n) is 6.14. The summed E-state index contributed by atoms with van der Waals surface area (Å²) in [5.41, 5.74) is 1.62. The van der Waals surface area contributed by atoms with Crippen LogP contribution in [0.4, 0.5) is 0 Å². The predicted octanol–water partition coefficient (Wildman–Crippen LogP) is 3.12. The van der Waals surface area contributed by atoms with Gasteiger partial charge in [0.15, 0.2) is 4.80 Å². The van der Waals surface area contributed by atoms with Crippen molar-refractivity contribution in [2.45, 2.75) is 13.0 Å². The molecular formula is C20H15ClN2O3S2. The van der Waals surface area contributed by atoms with E-state index >= 15 is 0 Å². The highest BCUT2D eigenvalue weighted by Gasteiger charge is 2.33. The number of benzene rings is 1. The molecule has 0 N–H and O–H groups in total. The lowest BCUT2D eigenvalue weighted by Gasteiger charge is -2.22. The molecule has 0 bridgehead atoms. The molecule has 0 aliphatic carbocycles. The van der Waals surface area contributed by atoms with Crippen LogP contribution in [0.5, 0.6) is 0 Å². The minimum atomic E-state index is -0.545. The van der Waals surface area contributed by atoms with Crippen LogP contribution in [0.2, 0.25) is 5.02 Å². The maximum absolute atomic E-state index is 13.2. The number of fused-ring (bicyclic) bond motifs is 1. The van der Waals surface area contributed by atoms with E-state index in [0.717, 1.165) is 10.4 Å². The Hall–Kier alpha value is -2.48. The molecule has 28 heavy (non-hydrogen) atoms. The third-order valence-electron chi connectivity index (χ3n) is 4.41. The fourth-order valence-electron chi connectivity index (χ4n) is 3.12. The van der Waals surface area contributed by atoms with Crippen LogP contribution in [0.25, 0.3) is 6.08 Å². The summed E-state index contributed by atoms with van der Waals surface area (Å²) in [5.74, 6) is -0.480. The summed E-state index contributed by atoms with van der Waals surface area (Å²) in [4.78, 5) is 31.7. The van der Waals surface area contributed by atoms with Crippen molar-refractivity contribution < 1.29 is 9.53 Å². The van der Waals surface area contributed by atoms with Crippen LogP contribution < -0.4 is 14.9 Å². The van der Waals surface area contributed by atoms with Gasteiger partial charge in [-0.3, -0.25) is 9.36 Å². The molecule has 1 aromatic carbocycles. The zero-order valence-corrected chi connectivity index (χ0v) is 17.4. The average Bonchev–Trinajstić information content (AvgIpc) is 3.31. The Kier molecular flexibility index (Phi) is 5.05. The van der Waals surface area contributed by atoms with E-state index in [0.29, 0.717) is 25.6 Å². The van der Waals surface area contributed by atoms with Crippen molar-refractivity contribution in [3.8, 4) is 0 Å². The topological polar surface area (TPSA) is 60.7 Å². The quantitative estimate of drug-likeness (QED) is 0.600. The van der Waals surface area contributed by atoms with Crippen LogP contribution in [0.1, 0.15) is 23.4 Å². The Morgan fingerprint density at radius 1 is 1.29 bits per heavy atom. The number of hydrogen-bond donors (Lipinski definition) is 0. The largest absolute Gasteiger partial charge is 0.466 e. The molecule has 0 unspecified atom stereocenters. The van der Waals surface area contributed by atoms with Gasteiger partial charge < -0.3 is 4.74 Å². The number of carbonyl (C=O) groups excluding carboxylic acids is 1. The second kappa shape index (κ2) is 7.50. The van der Waals surface area contributed by atoms with E-state index < -0.39 is 12.0 Å². The van der Waals surface area contributed by atoms with E-state index in [1.165, 1.54) is 29.8 Å². The Morgan fingerprint density at radius 3 is 2.68 bits per heavy atom. The van der Waals surface area contributed by atoms with Gasteiger partial charge in [-0.05, 0) is 42.1 Å². The summed E-state index contributed by atoms with van der Waals surface area (Å²) in [6.07, 6.45) is 1.81. The molecular weight excluding hydrogens is 416 g/mol. The zero-order chi connectivity index (χ0) is 19.8. The number of esters is 1. The van der Waals surface area contributed by atoms with Crippen molar-refractivity contribution in [3.05, 3.63) is 88.2 Å². The van der Waals surface area contributed by atoms with E-state index in [1.807, 2.05) is 35.7 Å². The number of thiazole rings is 1. The monoisotopic (exact) mass is 430 g/mol. The predicted molar refractivity (Wildman–Crippen MR) is 112 cm³/mol. The van der Waals surface area contributed by atoms with Crippen LogP contribution in [0, 0.1) is 0 Å². The molecule has 5 nitrogen and oxygen atoms in total. The number of hydrogen-bond acceptors (Lipinski definition) is 6. The highest BCUT2D eigenvalue weighted by Crippen LogP contribution is 2.32. The van der Waals surface area contributed by atoms with Crippen molar-refractivity contribution in [3.63, 3.8) is 0 Å². The molecule has 0 saturated carbocycles. The van der Waals surface area contributed by atoms with Crippen molar-refractivity contribution in [1.82, 2.24) is 4.57 Å². The number of thiophene rings is 1. The van der Waals surface area contributed by atoms with Gasteiger partial charge in [-0.25, -0.2) is 9.79 Å². The minimum Gasteiger partial charge on any atom is -0.466 e. The first-order valence-corrected chi connectivity index (χ1v) is 10.5. The fraction of sp³-hybridized carbons (Fsp3) is 0.150. The SMILES string of the molecule is COC(=O)C1=C(C)N=c2s/c(=C/c3ccc(Cl)cc3)c(=O)n2[C@H]1c1cccs1. The van der Waals surface area contributed by atoms with Gasteiger partial charge in [0.2, 0.25) is 0 Å². The normalized spacial score (nSPS) is 16.7. The van der Waals surface area contributed by atoms with Gasteiger partial charge in [0, 0.05) is 9.90 Å². The standard InChI is InChI=1S/C20H15ClN2O3S2/c1-11-16(19(25)26-2)17(14-4-3-9-27-14)23-18(24)15(28-20(23)22-11)10-12-5-7-13(21)8-6-12/h3-10,17H,1-2H3/b15-10+/t17-/m0/s1. The van der Waals surface area contributed by atoms with Crippen molar-refractivity contribution in [2.75, 3.05) is 7.11 Å². The Labute approximate surface area is 173 Å². The molecule has 0 saturated heterocycles. The molecule has 1 atom stereocenters. The molecule has 142 valence electrons. The summed E-state index contributed by atoms with van der Waals surface area (Å²) in [7, 11) is 1.33. The first kappa shape index (κ1) is 18.9. The number of halogens is 1. The number of carbonyl (C=O) groups is 1. The van der Waals surface area contributed by atoms with E-state index in [9.17, 15) is 9.59 Å². The molecule has 0 spiro atoms. The van der Waals surface area contributed by atoms with Gasteiger partial charge >= 0.3 is 5.97 Å². The lowest BCUT2D eigenvalue weighted by molar-refractivity contribution is -0.136. The van der Waals surface area contributed by atoms with Gasteiger partial charge in [-0.2, -0.15) is 0 Å². The Bertz CT molecular complexity index is 1250. The second-order valence-corrected chi connectivity index (χ2v) is 8.57. The smallest absolute Gasteiger partial charge is 0.338 e. The van der Waals surface area contributed by atoms with Gasteiger partial charge in [-0.1, -0.05) is 41.1 Å². The minimum absolute atomic E-state index is 0.189. The number of methoxy groups -OCH3 is 1. The summed E-state index contributed by atoms with van der Waals surface area (Å²) in [6, 6.07) is 10.5. The molecule has 3 heterocycles. The first-order valence-electron chi connectivity index (χ1n) is 8.39. The van der Waals surface area contributed by atoms with E-state index in [-0.39, 0.29) is 5.56 Å². The van der Waals surface area contributed by atoms with Crippen LogP contribution >= 0.6 is 34.3 Å². The molecule has 2 aromatic heterocycles. The number of aromatic nitrogens is 1. The Balaban J connectivity index is 1.96. The number of ether oxygens (including phenoxy) is 1. The van der Waals surface area contributed by atoms with Crippen molar-refractivity contribution >= 4 is 46.3 Å². The highest BCUT2D eigenvalue weighted by atomic mass is 35.5. The number of allylic oxidation sites excluding steroid dienone is 1. The molecule has 3 aromatic rings. The van der Waals surface area contributed by atoms with Crippen LogP contribution in [-0.2, 0) is 9.53 Å². The average molecular weight is 431 g/mol. The molecule has 8 heteroatoms. The van der Waals surface area contributed by atoms with Crippen molar-refractivity contribution in [2.24, 2.45) is 4.99 Å². The van der Waals surface area contributed by atoms with Gasteiger partial charge in [-0.15, -0.1) is 11.3 Å². The first-order chi connectivity index (χ1) is 13.5. The fourth-order valence-corrected chi connectivity index (χ4v) is 5.12. The van der Waals surface area contributed by atoms with Gasteiger partial charge in [0.25, 0.3) is 5.56 Å². The maximum atomic E-state index is 13.2. The van der Waals surface area contributed by atoms with E-state index in [2.05, 4.69) is 4.99 Å². The molecule has 1 aliphatic heterocycles. The molecule has 0 amide bonds. The van der Waals surface area contributed by atoms with Gasteiger partial charge in [0.1, 0.15) is 6.04 Å². The summed E-state index contributed by atoms with van der Waals surface area (Å²) in [5, 5.41) is 2.55. The van der Waals surface area contributed by atoms with Crippen LogP contribution in [0.15, 0.2) is 62.8 Å². The number of rotatable bonds is 3. The molecule has 1 aliphatic rings. The lowest BCUT2D eigenvalue weighted by Crippen LogP contribution is -2.39. The molecule has 0 radical (unpaired) electrons. The summed E-state index contributed by atoms with van der Waals surface area (Å²) >= 11 is 8.73. The van der Waals surface area contributed by atoms with E-state index in [4.69, 9.17) is 16.3 Å². The van der Waals surface area contributed by atoms with E-state index in [1.54, 1.807) is 23.6 Å². The van der Waals surface area contributed by atoms with Crippen LogP contribution in [-0.4, -0.2) is 17.6 Å². The highest BCUT2D eigenvalue weighted by molar-refractivity contribution is 7.10. The maximum Gasteiger partial charge on any atom is 0.338 e. The zero-order valence-electron chi connectivity index (χ0n) is 15.0.